The number of methoxy groups -OCH3 is 1. The second-order valence-corrected chi connectivity index (χ2v) is 5.49. The first-order valence-electron chi connectivity index (χ1n) is 6.41. The Labute approximate surface area is 125 Å². The summed E-state index contributed by atoms with van der Waals surface area (Å²) in [6.45, 7) is 4.39. The van der Waals surface area contributed by atoms with Crippen molar-refractivity contribution in [1.82, 2.24) is 5.32 Å². The van der Waals surface area contributed by atoms with E-state index in [1.807, 2.05) is 17.8 Å². The van der Waals surface area contributed by atoms with E-state index in [-0.39, 0.29) is 0 Å². The third-order valence-corrected chi connectivity index (χ3v) is 3.54. The van der Waals surface area contributed by atoms with Crippen molar-refractivity contribution in [3.63, 3.8) is 0 Å². The number of ether oxygens (including phenoxy) is 2. The lowest BCUT2D eigenvalue weighted by Gasteiger charge is -2.16. The van der Waals surface area contributed by atoms with Crippen molar-refractivity contribution < 1.29 is 9.47 Å². The third-order valence-electron chi connectivity index (χ3n) is 2.62. The van der Waals surface area contributed by atoms with Gasteiger partial charge in [-0.25, -0.2) is 0 Å². The van der Waals surface area contributed by atoms with E-state index < -0.39 is 0 Å². The molecular formula is C14H22ClNO2S. The van der Waals surface area contributed by atoms with Gasteiger partial charge >= 0.3 is 0 Å². The summed E-state index contributed by atoms with van der Waals surface area (Å²) >= 11 is 7.92. The molecule has 0 heterocycles. The van der Waals surface area contributed by atoms with E-state index in [0.29, 0.717) is 17.4 Å². The first kappa shape index (κ1) is 16.5. The van der Waals surface area contributed by atoms with Crippen LogP contribution in [0.5, 0.6) is 11.5 Å². The topological polar surface area (TPSA) is 30.5 Å². The maximum Gasteiger partial charge on any atom is 0.165 e. The molecule has 0 fully saturated rings. The lowest BCUT2D eigenvalue weighted by Crippen LogP contribution is -2.13. The van der Waals surface area contributed by atoms with Gasteiger partial charge < -0.3 is 14.8 Å². The van der Waals surface area contributed by atoms with Crippen LogP contribution in [0.2, 0.25) is 5.02 Å². The number of halogens is 1. The van der Waals surface area contributed by atoms with Gasteiger partial charge in [0.2, 0.25) is 0 Å². The van der Waals surface area contributed by atoms with Gasteiger partial charge in [0.25, 0.3) is 0 Å². The molecule has 0 aliphatic heterocycles. The van der Waals surface area contributed by atoms with Gasteiger partial charge in [-0.2, -0.15) is 11.8 Å². The molecule has 1 rings (SSSR count). The van der Waals surface area contributed by atoms with Crippen molar-refractivity contribution in [2.45, 2.75) is 19.9 Å². The van der Waals surface area contributed by atoms with Crippen molar-refractivity contribution in [1.29, 1.82) is 0 Å². The van der Waals surface area contributed by atoms with E-state index in [9.17, 15) is 0 Å². The lowest BCUT2D eigenvalue weighted by atomic mass is 10.2. The maximum absolute atomic E-state index is 6.10. The zero-order chi connectivity index (χ0) is 14.1. The SMILES string of the molecule is CCNCc1cc(Cl)cc(OC)c1OCCCSC. The largest absolute Gasteiger partial charge is 0.493 e. The van der Waals surface area contributed by atoms with Crippen LogP contribution in [0.4, 0.5) is 0 Å². The summed E-state index contributed by atoms with van der Waals surface area (Å²) in [5.74, 6) is 2.59. The summed E-state index contributed by atoms with van der Waals surface area (Å²) in [6, 6.07) is 3.72. The fourth-order valence-electron chi connectivity index (χ4n) is 1.71. The average molecular weight is 304 g/mol. The second kappa shape index (κ2) is 9.34. The Kier molecular flexibility index (Phi) is 8.10. The molecule has 1 N–H and O–H groups in total. The highest BCUT2D eigenvalue weighted by atomic mass is 35.5. The number of thioether (sulfide) groups is 1. The van der Waals surface area contributed by atoms with Gasteiger partial charge in [-0.3, -0.25) is 0 Å². The number of hydrogen-bond acceptors (Lipinski definition) is 4. The lowest BCUT2D eigenvalue weighted by molar-refractivity contribution is 0.291. The zero-order valence-electron chi connectivity index (χ0n) is 11.8. The Morgan fingerprint density at radius 1 is 1.37 bits per heavy atom. The Morgan fingerprint density at radius 2 is 2.16 bits per heavy atom. The Hall–Kier alpha value is -0.580. The fraction of sp³-hybridized carbons (Fsp3) is 0.571. The molecule has 0 spiro atoms. The molecule has 0 amide bonds. The maximum atomic E-state index is 6.10. The van der Waals surface area contributed by atoms with Gasteiger partial charge in [0.15, 0.2) is 11.5 Å². The molecule has 0 aliphatic carbocycles. The fourth-order valence-corrected chi connectivity index (χ4v) is 2.34. The number of nitrogens with one attached hydrogen (secondary N) is 1. The van der Waals surface area contributed by atoms with Crippen LogP contribution in [0.25, 0.3) is 0 Å². The molecule has 5 heteroatoms. The first-order chi connectivity index (χ1) is 9.22. The average Bonchev–Trinajstić information content (AvgIpc) is 2.42. The highest BCUT2D eigenvalue weighted by Gasteiger charge is 2.12. The molecule has 0 saturated heterocycles. The summed E-state index contributed by atoms with van der Waals surface area (Å²) in [7, 11) is 1.64. The zero-order valence-corrected chi connectivity index (χ0v) is 13.4. The van der Waals surface area contributed by atoms with Crippen molar-refractivity contribution in [3.05, 3.63) is 22.7 Å². The predicted molar refractivity (Wildman–Crippen MR) is 83.9 cm³/mol. The molecular weight excluding hydrogens is 282 g/mol. The molecule has 0 atom stereocenters. The highest BCUT2D eigenvalue weighted by Crippen LogP contribution is 2.34. The Morgan fingerprint density at radius 3 is 2.79 bits per heavy atom. The van der Waals surface area contributed by atoms with E-state index in [1.54, 1.807) is 13.2 Å². The molecule has 0 radical (unpaired) electrons. The molecule has 19 heavy (non-hydrogen) atoms. The van der Waals surface area contributed by atoms with Crippen LogP contribution in [0.15, 0.2) is 12.1 Å². The summed E-state index contributed by atoms with van der Waals surface area (Å²) in [4.78, 5) is 0. The standard InChI is InChI=1S/C14H22ClNO2S/c1-4-16-10-11-8-12(15)9-13(17-2)14(11)18-6-5-7-19-3/h8-9,16H,4-7,10H2,1-3H3. The molecule has 3 nitrogen and oxygen atoms in total. The second-order valence-electron chi connectivity index (χ2n) is 4.07. The van der Waals surface area contributed by atoms with Crippen LogP contribution in [-0.4, -0.2) is 32.3 Å². The van der Waals surface area contributed by atoms with Gasteiger partial charge in [-0.1, -0.05) is 18.5 Å². The van der Waals surface area contributed by atoms with E-state index in [1.165, 1.54) is 0 Å². The van der Waals surface area contributed by atoms with Gasteiger partial charge in [0.05, 0.1) is 13.7 Å². The quantitative estimate of drug-likeness (QED) is 0.706. The van der Waals surface area contributed by atoms with Crippen molar-refractivity contribution in [2.24, 2.45) is 0 Å². The van der Waals surface area contributed by atoms with Crippen molar-refractivity contribution in [3.8, 4) is 11.5 Å². The Balaban J connectivity index is 2.82. The monoisotopic (exact) mass is 303 g/mol. The molecule has 0 aromatic heterocycles. The van der Waals surface area contributed by atoms with Gasteiger partial charge in [0.1, 0.15) is 0 Å². The van der Waals surface area contributed by atoms with Crippen molar-refractivity contribution in [2.75, 3.05) is 32.3 Å². The molecule has 0 aliphatic rings. The molecule has 1 aromatic carbocycles. The van der Waals surface area contributed by atoms with Crippen LogP contribution in [-0.2, 0) is 6.54 Å². The van der Waals surface area contributed by atoms with Crippen LogP contribution < -0.4 is 14.8 Å². The molecule has 0 saturated carbocycles. The summed E-state index contributed by atoms with van der Waals surface area (Å²) < 4.78 is 11.2. The van der Waals surface area contributed by atoms with Gasteiger partial charge in [0, 0.05) is 23.2 Å². The Bertz CT molecular complexity index is 388. The predicted octanol–water partition coefficient (Wildman–Crippen LogP) is 3.59. The normalized spacial score (nSPS) is 10.5. The number of benzene rings is 1. The minimum atomic E-state index is 0.668. The molecule has 0 bridgehead atoms. The van der Waals surface area contributed by atoms with E-state index in [0.717, 1.165) is 36.6 Å². The first-order valence-corrected chi connectivity index (χ1v) is 8.19. The minimum absolute atomic E-state index is 0.668. The summed E-state index contributed by atoms with van der Waals surface area (Å²) in [5.41, 5.74) is 1.04. The van der Waals surface area contributed by atoms with Crippen molar-refractivity contribution >= 4 is 23.4 Å². The van der Waals surface area contributed by atoms with Crippen LogP contribution in [0.3, 0.4) is 0 Å². The smallest absolute Gasteiger partial charge is 0.165 e. The van der Waals surface area contributed by atoms with Gasteiger partial charge in [-0.15, -0.1) is 0 Å². The highest BCUT2D eigenvalue weighted by molar-refractivity contribution is 7.98. The molecule has 1 aromatic rings. The third kappa shape index (κ3) is 5.51. The summed E-state index contributed by atoms with van der Waals surface area (Å²) in [5, 5.41) is 3.95. The number of rotatable bonds is 9. The van der Waals surface area contributed by atoms with E-state index in [2.05, 4.69) is 18.5 Å². The van der Waals surface area contributed by atoms with Gasteiger partial charge in [-0.05, 0) is 31.0 Å². The van der Waals surface area contributed by atoms with E-state index in [4.69, 9.17) is 21.1 Å². The molecule has 108 valence electrons. The van der Waals surface area contributed by atoms with Crippen LogP contribution >= 0.6 is 23.4 Å². The van der Waals surface area contributed by atoms with E-state index >= 15 is 0 Å². The van der Waals surface area contributed by atoms with Crippen LogP contribution in [0.1, 0.15) is 18.9 Å². The number of hydrogen-bond donors (Lipinski definition) is 1. The minimum Gasteiger partial charge on any atom is -0.493 e. The summed E-state index contributed by atoms with van der Waals surface area (Å²) in [6.07, 6.45) is 3.12. The molecule has 0 unspecified atom stereocenters. The van der Waals surface area contributed by atoms with Crippen LogP contribution in [0, 0.1) is 0 Å².